The Balaban J connectivity index is 1.53. The lowest BCUT2D eigenvalue weighted by Crippen LogP contribution is -2.46. The maximum absolute atomic E-state index is 14.0. The first kappa shape index (κ1) is 21.5. The van der Waals surface area contributed by atoms with E-state index in [0.29, 0.717) is 13.2 Å². The van der Waals surface area contributed by atoms with Crippen molar-refractivity contribution in [3.63, 3.8) is 0 Å². The van der Waals surface area contributed by atoms with Crippen LogP contribution in [-0.2, 0) is 9.63 Å². The van der Waals surface area contributed by atoms with Crippen LogP contribution in [0.25, 0.3) is 0 Å². The zero-order valence-corrected chi connectivity index (χ0v) is 16.6. The average Bonchev–Trinajstić information content (AvgIpc) is 2.70. The van der Waals surface area contributed by atoms with Crippen molar-refractivity contribution in [1.29, 1.82) is 0 Å². The number of rotatable bonds is 7. The van der Waals surface area contributed by atoms with E-state index >= 15 is 0 Å². The van der Waals surface area contributed by atoms with Crippen molar-refractivity contribution in [1.82, 2.24) is 9.96 Å². The highest BCUT2D eigenvalue weighted by Crippen LogP contribution is 2.34. The molecule has 1 N–H and O–H groups in total. The summed E-state index contributed by atoms with van der Waals surface area (Å²) >= 11 is 0. The molecule has 1 aromatic rings. The summed E-state index contributed by atoms with van der Waals surface area (Å²) in [6.07, 6.45) is 1.52. The van der Waals surface area contributed by atoms with Gasteiger partial charge in [-0.2, -0.15) is 5.06 Å². The number of ketones is 1. The Morgan fingerprint density at radius 2 is 2.00 bits per heavy atom. The highest BCUT2D eigenvalue weighted by atomic mass is 19.2. The number of benzene rings is 1. The first-order valence-electron chi connectivity index (χ1n) is 9.98. The number of Topliss-reactive ketones (excluding diaryl/α,β-unsaturated/α-hetero) is 1. The van der Waals surface area contributed by atoms with E-state index in [0.717, 1.165) is 38.8 Å². The summed E-state index contributed by atoms with van der Waals surface area (Å²) in [5, 5.41) is 12.2. The number of halogens is 2. The smallest absolute Gasteiger partial charge is 0.168 e. The van der Waals surface area contributed by atoms with Gasteiger partial charge in [-0.05, 0) is 18.6 Å². The van der Waals surface area contributed by atoms with Gasteiger partial charge in [0.15, 0.2) is 17.4 Å². The van der Waals surface area contributed by atoms with E-state index < -0.39 is 17.6 Å². The van der Waals surface area contributed by atoms with Crippen LogP contribution in [-0.4, -0.2) is 72.9 Å². The maximum Gasteiger partial charge on any atom is 0.168 e. The normalized spacial score (nSPS) is 22.0. The van der Waals surface area contributed by atoms with Crippen molar-refractivity contribution >= 4 is 12.0 Å². The van der Waals surface area contributed by atoms with Gasteiger partial charge < -0.3 is 5.11 Å². The molecule has 1 aliphatic carbocycles. The molecule has 1 aliphatic heterocycles. The lowest BCUT2D eigenvalue weighted by molar-refractivity contribution is -0.172. The molecular weight excluding hydrogens is 380 g/mol. The van der Waals surface area contributed by atoms with Gasteiger partial charge in [-0.25, -0.2) is 8.78 Å². The van der Waals surface area contributed by atoms with E-state index in [1.165, 1.54) is 18.3 Å². The third-order valence-electron chi connectivity index (χ3n) is 5.31. The van der Waals surface area contributed by atoms with Gasteiger partial charge >= 0.3 is 0 Å². The molecular formula is C21H27F2N3O3. The SMILES string of the molecule is CCON1CCN(CCN=CC2=C(O)CC(c3cccc(F)c3F)CC2=O)CC1. The lowest BCUT2D eigenvalue weighted by atomic mass is 9.82. The predicted octanol–water partition coefficient (Wildman–Crippen LogP) is 2.86. The summed E-state index contributed by atoms with van der Waals surface area (Å²) in [4.78, 5) is 24.5. The predicted molar refractivity (Wildman–Crippen MR) is 106 cm³/mol. The molecule has 1 unspecified atom stereocenters. The largest absolute Gasteiger partial charge is 0.511 e. The monoisotopic (exact) mass is 407 g/mol. The molecule has 0 spiro atoms. The van der Waals surface area contributed by atoms with Gasteiger partial charge in [-0.15, -0.1) is 0 Å². The lowest BCUT2D eigenvalue weighted by Gasteiger charge is -2.33. The van der Waals surface area contributed by atoms with Crippen LogP contribution in [0.15, 0.2) is 34.5 Å². The molecule has 0 aromatic heterocycles. The van der Waals surface area contributed by atoms with Crippen molar-refractivity contribution in [2.24, 2.45) is 4.99 Å². The van der Waals surface area contributed by atoms with Crippen molar-refractivity contribution in [3.8, 4) is 0 Å². The minimum absolute atomic E-state index is 0.0190. The summed E-state index contributed by atoms with van der Waals surface area (Å²) in [6.45, 7) is 7.39. The van der Waals surface area contributed by atoms with E-state index in [9.17, 15) is 18.7 Å². The number of allylic oxidation sites excluding steroid dienone is 2. The number of aliphatic hydroxyl groups is 1. The zero-order chi connectivity index (χ0) is 20.8. The van der Waals surface area contributed by atoms with E-state index in [4.69, 9.17) is 4.84 Å². The molecule has 2 aliphatic rings. The third kappa shape index (κ3) is 5.46. The fourth-order valence-corrected chi connectivity index (χ4v) is 3.73. The molecule has 0 bridgehead atoms. The van der Waals surface area contributed by atoms with Crippen LogP contribution in [0.4, 0.5) is 8.78 Å². The van der Waals surface area contributed by atoms with Gasteiger partial charge in [-0.1, -0.05) is 12.1 Å². The number of aliphatic hydroxyl groups excluding tert-OH is 1. The molecule has 1 atom stereocenters. The summed E-state index contributed by atoms with van der Waals surface area (Å²) in [7, 11) is 0. The van der Waals surface area contributed by atoms with E-state index in [1.807, 2.05) is 12.0 Å². The van der Waals surface area contributed by atoms with Gasteiger partial charge in [0.2, 0.25) is 0 Å². The number of piperazine rings is 1. The Morgan fingerprint density at radius 1 is 1.24 bits per heavy atom. The summed E-state index contributed by atoms with van der Waals surface area (Å²) in [5.41, 5.74) is 0.284. The molecule has 29 heavy (non-hydrogen) atoms. The second-order valence-electron chi connectivity index (χ2n) is 7.26. The molecule has 8 heteroatoms. The van der Waals surface area contributed by atoms with Crippen LogP contribution >= 0.6 is 0 Å². The van der Waals surface area contributed by atoms with Crippen LogP contribution in [0.2, 0.25) is 0 Å². The molecule has 0 radical (unpaired) electrons. The molecule has 1 saturated heterocycles. The average molecular weight is 407 g/mol. The molecule has 0 amide bonds. The van der Waals surface area contributed by atoms with Gasteiger partial charge in [0, 0.05) is 57.7 Å². The number of nitrogens with zero attached hydrogens (tertiary/aromatic N) is 3. The Kier molecular flexibility index (Phi) is 7.46. The van der Waals surface area contributed by atoms with Crippen LogP contribution in [0, 0.1) is 11.6 Å². The van der Waals surface area contributed by atoms with E-state index in [2.05, 4.69) is 9.89 Å². The molecule has 6 nitrogen and oxygen atoms in total. The third-order valence-corrected chi connectivity index (χ3v) is 5.31. The number of hydrogen-bond donors (Lipinski definition) is 1. The minimum atomic E-state index is -0.959. The number of hydroxylamine groups is 2. The quantitative estimate of drug-likeness (QED) is 0.704. The fourth-order valence-electron chi connectivity index (χ4n) is 3.73. The maximum atomic E-state index is 14.0. The van der Waals surface area contributed by atoms with Crippen molar-refractivity contribution in [2.45, 2.75) is 25.7 Å². The van der Waals surface area contributed by atoms with Crippen molar-refractivity contribution in [3.05, 3.63) is 46.7 Å². The molecule has 0 saturated carbocycles. The summed E-state index contributed by atoms with van der Waals surface area (Å²) in [5.74, 6) is -2.91. The van der Waals surface area contributed by atoms with Crippen LogP contribution < -0.4 is 0 Å². The minimum Gasteiger partial charge on any atom is -0.511 e. The van der Waals surface area contributed by atoms with E-state index in [-0.39, 0.29) is 35.5 Å². The molecule has 3 rings (SSSR count). The zero-order valence-electron chi connectivity index (χ0n) is 16.6. The Hall–Kier alpha value is -2.16. The number of hydrogen-bond acceptors (Lipinski definition) is 6. The van der Waals surface area contributed by atoms with Crippen molar-refractivity contribution in [2.75, 3.05) is 45.9 Å². The van der Waals surface area contributed by atoms with Gasteiger partial charge in [0.05, 0.1) is 18.7 Å². The molecule has 1 heterocycles. The van der Waals surface area contributed by atoms with Crippen molar-refractivity contribution < 1.29 is 23.5 Å². The van der Waals surface area contributed by atoms with Crippen LogP contribution in [0.5, 0.6) is 0 Å². The Bertz CT molecular complexity index is 789. The second kappa shape index (κ2) is 10.0. The van der Waals surface area contributed by atoms with Gasteiger partial charge in [0.25, 0.3) is 0 Å². The van der Waals surface area contributed by atoms with Gasteiger partial charge in [0.1, 0.15) is 5.76 Å². The fraction of sp³-hybridized carbons (Fsp3) is 0.524. The second-order valence-corrected chi connectivity index (χ2v) is 7.26. The Labute approximate surface area is 169 Å². The first-order valence-corrected chi connectivity index (χ1v) is 9.98. The van der Waals surface area contributed by atoms with Crippen LogP contribution in [0.1, 0.15) is 31.2 Å². The molecule has 158 valence electrons. The number of carbonyl (C=O) groups is 1. The van der Waals surface area contributed by atoms with Crippen LogP contribution in [0.3, 0.4) is 0 Å². The number of carbonyl (C=O) groups excluding carboxylic acids is 1. The highest BCUT2D eigenvalue weighted by Gasteiger charge is 2.30. The molecule has 1 aromatic carbocycles. The van der Waals surface area contributed by atoms with E-state index in [1.54, 1.807) is 0 Å². The summed E-state index contributed by atoms with van der Waals surface area (Å²) < 4.78 is 27.5. The standard InChI is InChI=1S/C21H27F2N3O3/c1-2-29-26-10-8-25(9-11-26)7-6-24-14-17-19(27)12-15(13-20(17)28)16-4-3-5-18(22)21(16)23/h3-5,14-15,27H,2,6-13H2,1H3. The molecule has 1 fully saturated rings. The van der Waals surface area contributed by atoms with Gasteiger partial charge in [-0.3, -0.25) is 19.5 Å². The topological polar surface area (TPSA) is 65.4 Å². The number of aliphatic imine (C=N–C) groups is 1. The highest BCUT2D eigenvalue weighted by molar-refractivity contribution is 6.14. The summed E-state index contributed by atoms with van der Waals surface area (Å²) in [6, 6.07) is 3.89. The Morgan fingerprint density at radius 3 is 2.69 bits per heavy atom. The first-order chi connectivity index (χ1) is 14.0.